The summed E-state index contributed by atoms with van der Waals surface area (Å²) in [5, 5.41) is 13.1. The molecule has 1 aliphatic carbocycles. The van der Waals surface area contributed by atoms with Crippen molar-refractivity contribution in [3.8, 4) is 28.6 Å². The zero-order valence-electron chi connectivity index (χ0n) is 25.1. The third-order valence-corrected chi connectivity index (χ3v) is 9.52. The first-order chi connectivity index (χ1) is 22.8. The Kier molecular flexibility index (Phi) is 6.01. The molecule has 6 aromatic carbocycles. The van der Waals surface area contributed by atoms with Gasteiger partial charge in [0.05, 0.1) is 28.2 Å². The van der Waals surface area contributed by atoms with Crippen LogP contribution >= 0.6 is 0 Å². The number of nitriles is 1. The van der Waals surface area contributed by atoms with Crippen molar-refractivity contribution >= 4 is 38.8 Å². The van der Waals surface area contributed by atoms with Crippen molar-refractivity contribution in [1.82, 2.24) is 9.13 Å². The summed E-state index contributed by atoms with van der Waals surface area (Å²) in [6, 6.07) is 54.0. The monoisotopic (exact) mass is 587 g/mol. The molecule has 0 saturated heterocycles. The molecule has 0 bridgehead atoms. The molecule has 0 spiro atoms. The molecule has 1 unspecified atom stereocenters. The Bertz CT molecular complexity index is 2500. The standard InChI is InChI=1S/C43H29N3/c44-28-29-17-19-30(20-18-29)31-9-8-12-35(25-31)46-40-15-6-4-13-36(40)38-23-21-33(27-43(38)46)32-22-24-42-39(26-32)37-14-5-7-16-41(37)45(42)34-10-2-1-3-11-34/h1-26,33H,27H2. The molecule has 46 heavy (non-hydrogen) atoms. The van der Waals surface area contributed by atoms with E-state index in [4.69, 9.17) is 0 Å². The molecule has 0 N–H and O–H groups in total. The van der Waals surface area contributed by atoms with Crippen molar-refractivity contribution in [2.45, 2.75) is 12.3 Å². The van der Waals surface area contributed by atoms with Crippen molar-refractivity contribution < 1.29 is 0 Å². The first-order valence-corrected chi connectivity index (χ1v) is 15.8. The molecule has 3 nitrogen and oxygen atoms in total. The van der Waals surface area contributed by atoms with Crippen molar-refractivity contribution in [2.75, 3.05) is 0 Å². The first kappa shape index (κ1) is 26.3. The van der Waals surface area contributed by atoms with Crippen LogP contribution < -0.4 is 0 Å². The van der Waals surface area contributed by atoms with Gasteiger partial charge in [0.2, 0.25) is 0 Å². The lowest BCUT2D eigenvalue weighted by molar-refractivity contribution is 0.784. The van der Waals surface area contributed by atoms with Gasteiger partial charge in [0.1, 0.15) is 0 Å². The van der Waals surface area contributed by atoms with E-state index in [0.717, 1.165) is 23.2 Å². The topological polar surface area (TPSA) is 33.6 Å². The number of nitrogens with zero attached hydrogens (tertiary/aromatic N) is 3. The summed E-state index contributed by atoms with van der Waals surface area (Å²) in [5.74, 6) is 0.250. The fourth-order valence-electron chi connectivity index (χ4n) is 7.36. The normalized spacial score (nSPS) is 14.1. The fourth-order valence-corrected chi connectivity index (χ4v) is 7.36. The Morgan fingerprint density at radius 3 is 2.04 bits per heavy atom. The number of benzene rings is 6. The van der Waals surface area contributed by atoms with Crippen molar-refractivity contribution in [3.05, 3.63) is 174 Å². The van der Waals surface area contributed by atoms with Gasteiger partial charge >= 0.3 is 0 Å². The first-order valence-electron chi connectivity index (χ1n) is 15.8. The third-order valence-electron chi connectivity index (χ3n) is 9.52. The third kappa shape index (κ3) is 4.12. The number of aromatic nitrogens is 2. The van der Waals surface area contributed by atoms with Gasteiger partial charge in [-0.1, -0.05) is 97.1 Å². The minimum atomic E-state index is 0.250. The lowest BCUT2D eigenvalue weighted by atomic mass is 9.87. The Morgan fingerprint density at radius 1 is 0.543 bits per heavy atom. The van der Waals surface area contributed by atoms with Gasteiger partial charge in [-0.2, -0.15) is 5.26 Å². The summed E-state index contributed by atoms with van der Waals surface area (Å²) in [4.78, 5) is 0. The van der Waals surface area contributed by atoms with Crippen LogP contribution in [0.1, 0.15) is 28.3 Å². The van der Waals surface area contributed by atoms with Crippen molar-refractivity contribution in [1.29, 1.82) is 5.26 Å². The van der Waals surface area contributed by atoms with E-state index < -0.39 is 0 Å². The average Bonchev–Trinajstić information content (AvgIpc) is 3.64. The zero-order chi connectivity index (χ0) is 30.6. The van der Waals surface area contributed by atoms with Gasteiger partial charge in [-0.25, -0.2) is 0 Å². The van der Waals surface area contributed by atoms with Crippen molar-refractivity contribution in [2.24, 2.45) is 0 Å². The van der Waals surface area contributed by atoms with E-state index in [0.29, 0.717) is 5.56 Å². The molecule has 216 valence electrons. The van der Waals surface area contributed by atoms with Gasteiger partial charge in [-0.05, 0) is 83.8 Å². The second-order valence-corrected chi connectivity index (χ2v) is 12.1. The van der Waals surface area contributed by atoms with Gasteiger partial charge in [0, 0.05) is 44.7 Å². The highest BCUT2D eigenvalue weighted by Gasteiger charge is 2.24. The van der Waals surface area contributed by atoms with Gasteiger partial charge in [0.15, 0.2) is 0 Å². The largest absolute Gasteiger partial charge is 0.313 e. The predicted molar refractivity (Wildman–Crippen MR) is 190 cm³/mol. The highest BCUT2D eigenvalue weighted by Crippen LogP contribution is 2.40. The number of para-hydroxylation sites is 3. The van der Waals surface area contributed by atoms with Crippen LogP contribution in [0.25, 0.3) is 61.3 Å². The van der Waals surface area contributed by atoms with Crippen LogP contribution in [-0.4, -0.2) is 9.13 Å². The van der Waals surface area contributed by atoms with E-state index in [2.05, 4.69) is 149 Å². The second kappa shape index (κ2) is 10.5. The Balaban J connectivity index is 1.16. The van der Waals surface area contributed by atoms with Crippen LogP contribution in [0, 0.1) is 11.3 Å². The summed E-state index contributed by atoms with van der Waals surface area (Å²) in [5.41, 5.74) is 12.9. The van der Waals surface area contributed by atoms with Crippen LogP contribution in [0.3, 0.4) is 0 Å². The number of hydrogen-bond acceptors (Lipinski definition) is 1. The van der Waals surface area contributed by atoms with E-state index in [9.17, 15) is 5.26 Å². The minimum absolute atomic E-state index is 0.250. The van der Waals surface area contributed by atoms with Crippen LogP contribution in [0.2, 0.25) is 0 Å². The molecule has 1 aliphatic rings. The van der Waals surface area contributed by atoms with Crippen LogP contribution in [-0.2, 0) is 6.42 Å². The van der Waals surface area contributed by atoms with Gasteiger partial charge in [0.25, 0.3) is 0 Å². The summed E-state index contributed by atoms with van der Waals surface area (Å²) in [6.07, 6.45) is 5.64. The minimum Gasteiger partial charge on any atom is -0.313 e. The molecule has 0 saturated carbocycles. The molecule has 1 atom stereocenters. The molecule has 2 heterocycles. The lowest BCUT2D eigenvalue weighted by Gasteiger charge is -2.21. The Morgan fingerprint density at radius 2 is 1.24 bits per heavy atom. The second-order valence-electron chi connectivity index (χ2n) is 12.1. The summed E-state index contributed by atoms with van der Waals surface area (Å²) in [6.45, 7) is 0. The highest BCUT2D eigenvalue weighted by molar-refractivity contribution is 6.09. The van der Waals surface area contributed by atoms with Crippen molar-refractivity contribution in [3.63, 3.8) is 0 Å². The van der Waals surface area contributed by atoms with Gasteiger partial charge in [-0.15, -0.1) is 0 Å². The molecular formula is C43H29N3. The number of hydrogen-bond donors (Lipinski definition) is 0. The van der Waals surface area contributed by atoms with E-state index in [1.807, 2.05) is 24.3 Å². The average molecular weight is 588 g/mol. The van der Waals surface area contributed by atoms with Crippen LogP contribution in [0.4, 0.5) is 0 Å². The van der Waals surface area contributed by atoms with E-state index in [1.165, 1.54) is 55.2 Å². The molecule has 0 radical (unpaired) electrons. The lowest BCUT2D eigenvalue weighted by Crippen LogP contribution is -2.10. The maximum absolute atomic E-state index is 9.27. The van der Waals surface area contributed by atoms with E-state index in [1.54, 1.807) is 0 Å². The summed E-state index contributed by atoms with van der Waals surface area (Å²) < 4.78 is 4.83. The predicted octanol–water partition coefficient (Wildman–Crippen LogP) is 10.6. The molecule has 0 fully saturated rings. The molecule has 2 aromatic heterocycles. The number of rotatable bonds is 4. The van der Waals surface area contributed by atoms with E-state index >= 15 is 0 Å². The number of allylic oxidation sites excluding steroid dienone is 1. The fraction of sp³-hybridized carbons (Fsp3) is 0.0465. The Hall–Kier alpha value is -6.11. The van der Waals surface area contributed by atoms with Crippen LogP contribution in [0.15, 0.2) is 152 Å². The molecule has 3 heteroatoms. The summed E-state index contributed by atoms with van der Waals surface area (Å²) in [7, 11) is 0. The molecule has 0 amide bonds. The SMILES string of the molecule is N#Cc1ccc(-c2cccc(-n3c4c(c5ccccc53)C=CC(c3ccc5c(c3)c3ccccc3n5-c3ccccc3)C4)c2)cc1. The van der Waals surface area contributed by atoms with Gasteiger partial charge in [-0.3, -0.25) is 0 Å². The zero-order valence-corrected chi connectivity index (χ0v) is 25.1. The Labute approximate surface area is 267 Å². The smallest absolute Gasteiger partial charge is 0.0991 e. The summed E-state index contributed by atoms with van der Waals surface area (Å²) >= 11 is 0. The van der Waals surface area contributed by atoms with Crippen LogP contribution in [0.5, 0.6) is 0 Å². The van der Waals surface area contributed by atoms with E-state index in [-0.39, 0.29) is 5.92 Å². The van der Waals surface area contributed by atoms with Gasteiger partial charge < -0.3 is 9.13 Å². The molecule has 9 rings (SSSR count). The molecule has 0 aliphatic heterocycles. The quantitative estimate of drug-likeness (QED) is 0.202. The molecule has 8 aromatic rings. The number of fused-ring (bicyclic) bond motifs is 6. The maximum atomic E-state index is 9.27. The highest BCUT2D eigenvalue weighted by atomic mass is 15.0. The molecular weight excluding hydrogens is 558 g/mol. The maximum Gasteiger partial charge on any atom is 0.0991 e.